The van der Waals surface area contributed by atoms with Gasteiger partial charge in [-0.3, -0.25) is 4.79 Å². The zero-order valence-corrected chi connectivity index (χ0v) is 18.2. The smallest absolute Gasteiger partial charge is 0.253 e. The Morgan fingerprint density at radius 3 is 2.32 bits per heavy atom. The number of sulfonamides is 1. The summed E-state index contributed by atoms with van der Waals surface area (Å²) in [6.07, 6.45) is -0.289. The fourth-order valence-corrected chi connectivity index (χ4v) is 5.87. The molecule has 8 heteroatoms. The Hall–Kier alpha value is -1.74. The lowest BCUT2D eigenvalue weighted by atomic mass is 10.2. The number of ether oxygens (including phenoxy) is 1. The zero-order valence-electron chi connectivity index (χ0n) is 16.6. The number of morpholine rings is 1. The largest absolute Gasteiger partial charge is 0.373 e. The Bertz CT molecular complexity index is 927. The summed E-state index contributed by atoms with van der Waals surface area (Å²) in [4.78, 5) is 15.7. The third-order valence-electron chi connectivity index (χ3n) is 4.82. The van der Waals surface area contributed by atoms with Gasteiger partial charge in [-0.15, -0.1) is 11.3 Å². The van der Waals surface area contributed by atoms with Crippen molar-refractivity contribution in [2.75, 3.05) is 20.1 Å². The van der Waals surface area contributed by atoms with Crippen LogP contribution < -0.4 is 0 Å². The summed E-state index contributed by atoms with van der Waals surface area (Å²) in [6, 6.07) is 8.22. The molecule has 1 aliphatic heterocycles. The van der Waals surface area contributed by atoms with Crippen molar-refractivity contribution in [3.63, 3.8) is 0 Å². The number of nitrogens with zero attached hydrogens (tertiary/aromatic N) is 2. The van der Waals surface area contributed by atoms with Crippen molar-refractivity contribution in [2.45, 2.75) is 44.4 Å². The molecule has 3 rings (SSSR count). The monoisotopic (exact) mass is 422 g/mol. The van der Waals surface area contributed by atoms with Crippen molar-refractivity contribution in [3.05, 3.63) is 51.7 Å². The van der Waals surface area contributed by atoms with E-state index in [0.717, 1.165) is 4.88 Å². The van der Waals surface area contributed by atoms with Crippen molar-refractivity contribution >= 4 is 27.3 Å². The van der Waals surface area contributed by atoms with Crippen LogP contribution in [0.4, 0.5) is 0 Å². The fourth-order valence-electron chi connectivity index (χ4n) is 3.32. The minimum absolute atomic E-state index is 0.134. The second-order valence-corrected chi connectivity index (χ2v) is 10.2. The molecule has 0 aliphatic carbocycles. The molecule has 2 heterocycles. The van der Waals surface area contributed by atoms with E-state index in [1.807, 2.05) is 32.2 Å². The summed E-state index contributed by atoms with van der Waals surface area (Å²) < 4.78 is 32.9. The van der Waals surface area contributed by atoms with Crippen molar-refractivity contribution in [1.82, 2.24) is 9.21 Å². The van der Waals surface area contributed by atoms with E-state index in [4.69, 9.17) is 4.74 Å². The highest BCUT2D eigenvalue weighted by atomic mass is 32.2. The lowest BCUT2D eigenvalue weighted by molar-refractivity contribution is -0.0440. The van der Waals surface area contributed by atoms with Gasteiger partial charge in [0.2, 0.25) is 10.0 Å². The van der Waals surface area contributed by atoms with Crippen LogP contribution in [0, 0.1) is 6.92 Å². The number of carbonyl (C=O) groups excluding carboxylic acids is 1. The van der Waals surface area contributed by atoms with Gasteiger partial charge in [0.15, 0.2) is 0 Å². The van der Waals surface area contributed by atoms with E-state index in [9.17, 15) is 13.2 Å². The molecule has 0 spiro atoms. The first-order chi connectivity index (χ1) is 13.2. The van der Waals surface area contributed by atoms with Crippen LogP contribution >= 0.6 is 11.3 Å². The van der Waals surface area contributed by atoms with Crippen LogP contribution in [0.25, 0.3) is 0 Å². The Morgan fingerprint density at radius 1 is 1.18 bits per heavy atom. The van der Waals surface area contributed by atoms with Crippen LogP contribution in [0.2, 0.25) is 0 Å². The maximum Gasteiger partial charge on any atom is 0.253 e. The normalized spacial score (nSPS) is 20.9. The molecule has 2 atom stereocenters. The zero-order chi connectivity index (χ0) is 20.5. The van der Waals surface area contributed by atoms with Gasteiger partial charge in [-0.25, -0.2) is 8.42 Å². The van der Waals surface area contributed by atoms with Gasteiger partial charge in [-0.05, 0) is 62.0 Å². The van der Waals surface area contributed by atoms with Crippen LogP contribution in [-0.2, 0) is 21.3 Å². The lowest BCUT2D eigenvalue weighted by Gasteiger charge is -2.34. The van der Waals surface area contributed by atoms with E-state index in [1.165, 1.54) is 22.0 Å². The highest BCUT2D eigenvalue weighted by Gasteiger charge is 2.32. The summed E-state index contributed by atoms with van der Waals surface area (Å²) >= 11 is 1.62. The summed E-state index contributed by atoms with van der Waals surface area (Å²) in [5, 5.41) is 2.01. The SMILES string of the molecule is Cc1ccsc1CN(C)C(=O)c1ccc(S(=O)(=O)N2CC(C)OC(C)C2)cc1. The van der Waals surface area contributed by atoms with Crippen LogP contribution in [0.3, 0.4) is 0 Å². The van der Waals surface area contributed by atoms with Gasteiger partial charge in [0.1, 0.15) is 0 Å². The molecule has 6 nitrogen and oxygen atoms in total. The summed E-state index contributed by atoms with van der Waals surface area (Å²) in [5.41, 5.74) is 1.64. The van der Waals surface area contributed by atoms with Gasteiger partial charge in [-0.2, -0.15) is 4.31 Å². The van der Waals surface area contributed by atoms with Crippen LogP contribution in [0.5, 0.6) is 0 Å². The van der Waals surface area contributed by atoms with Gasteiger partial charge >= 0.3 is 0 Å². The molecular weight excluding hydrogens is 396 g/mol. The number of rotatable bonds is 5. The third-order valence-corrected chi connectivity index (χ3v) is 7.67. The number of thiophene rings is 1. The average Bonchev–Trinajstić information content (AvgIpc) is 3.05. The number of carbonyl (C=O) groups is 1. The van der Waals surface area contributed by atoms with Gasteiger partial charge in [0, 0.05) is 30.6 Å². The van der Waals surface area contributed by atoms with Gasteiger partial charge in [0.05, 0.1) is 23.6 Å². The number of hydrogen-bond acceptors (Lipinski definition) is 5. The summed E-state index contributed by atoms with van der Waals surface area (Å²) in [7, 11) is -1.85. The minimum Gasteiger partial charge on any atom is -0.373 e. The first kappa shape index (κ1) is 21.0. The summed E-state index contributed by atoms with van der Waals surface area (Å²) in [6.45, 7) is 6.95. The Balaban J connectivity index is 1.73. The number of amides is 1. The molecule has 2 aromatic rings. The first-order valence-electron chi connectivity index (χ1n) is 9.22. The highest BCUT2D eigenvalue weighted by Crippen LogP contribution is 2.22. The van der Waals surface area contributed by atoms with Crippen LogP contribution in [0.1, 0.15) is 34.6 Å². The second kappa shape index (κ2) is 8.32. The van der Waals surface area contributed by atoms with E-state index < -0.39 is 10.0 Å². The molecular formula is C20H26N2O4S2. The Labute approximate surface area is 170 Å². The van der Waals surface area contributed by atoms with E-state index in [0.29, 0.717) is 25.2 Å². The van der Waals surface area contributed by atoms with Crippen molar-refractivity contribution in [2.24, 2.45) is 0 Å². The van der Waals surface area contributed by atoms with E-state index in [1.54, 1.807) is 35.4 Å². The average molecular weight is 423 g/mol. The molecule has 152 valence electrons. The molecule has 0 N–H and O–H groups in total. The highest BCUT2D eigenvalue weighted by molar-refractivity contribution is 7.89. The molecule has 0 saturated carbocycles. The molecule has 28 heavy (non-hydrogen) atoms. The Morgan fingerprint density at radius 2 is 1.79 bits per heavy atom. The topological polar surface area (TPSA) is 66.9 Å². The number of benzene rings is 1. The maximum atomic E-state index is 12.9. The van der Waals surface area contributed by atoms with Crippen molar-refractivity contribution in [1.29, 1.82) is 0 Å². The predicted octanol–water partition coefficient (Wildman–Crippen LogP) is 3.13. The Kier molecular flexibility index (Phi) is 6.24. The molecule has 1 aliphatic rings. The molecule has 1 amide bonds. The molecule has 1 aromatic carbocycles. The van der Waals surface area contributed by atoms with Crippen molar-refractivity contribution < 1.29 is 17.9 Å². The molecule has 1 saturated heterocycles. The maximum absolute atomic E-state index is 12.9. The molecule has 1 aromatic heterocycles. The predicted molar refractivity (Wildman–Crippen MR) is 110 cm³/mol. The van der Waals surface area contributed by atoms with Crippen LogP contribution in [-0.4, -0.2) is 55.9 Å². The molecule has 0 bridgehead atoms. The number of aryl methyl sites for hydroxylation is 1. The van der Waals surface area contributed by atoms with Gasteiger partial charge in [0.25, 0.3) is 5.91 Å². The standard InChI is InChI=1S/C20H26N2O4S2/c1-14-9-10-27-19(14)13-21(4)20(23)17-5-7-18(8-6-17)28(24,25)22-11-15(2)26-16(3)12-22/h5-10,15-16H,11-13H2,1-4H3. The molecule has 2 unspecified atom stereocenters. The second-order valence-electron chi connectivity index (χ2n) is 7.29. The quantitative estimate of drug-likeness (QED) is 0.743. The van der Waals surface area contributed by atoms with Crippen LogP contribution in [0.15, 0.2) is 40.6 Å². The van der Waals surface area contributed by atoms with E-state index in [-0.39, 0.29) is 23.0 Å². The minimum atomic E-state index is -3.61. The van der Waals surface area contributed by atoms with Crippen molar-refractivity contribution in [3.8, 4) is 0 Å². The van der Waals surface area contributed by atoms with E-state index in [2.05, 4.69) is 0 Å². The van der Waals surface area contributed by atoms with Gasteiger partial charge in [-0.1, -0.05) is 0 Å². The third kappa shape index (κ3) is 4.46. The van der Waals surface area contributed by atoms with Gasteiger partial charge < -0.3 is 9.64 Å². The number of hydrogen-bond donors (Lipinski definition) is 0. The fraction of sp³-hybridized carbons (Fsp3) is 0.450. The van der Waals surface area contributed by atoms with E-state index >= 15 is 0 Å². The summed E-state index contributed by atoms with van der Waals surface area (Å²) in [5.74, 6) is -0.134. The first-order valence-corrected chi connectivity index (χ1v) is 11.5. The molecule has 0 radical (unpaired) electrons. The lowest BCUT2D eigenvalue weighted by Crippen LogP contribution is -2.48. The molecule has 1 fully saturated rings.